The molecule has 3 heteroatoms. The molecule has 0 spiro atoms. The van der Waals surface area contributed by atoms with Gasteiger partial charge in [-0.2, -0.15) is 0 Å². The Morgan fingerprint density at radius 2 is 1.86 bits per heavy atom. The highest BCUT2D eigenvalue weighted by Gasteiger charge is 2.17. The van der Waals surface area contributed by atoms with Gasteiger partial charge >= 0.3 is 0 Å². The molecule has 1 N–H and O–H groups in total. The first-order chi connectivity index (χ1) is 10.1. The van der Waals surface area contributed by atoms with Gasteiger partial charge in [0.2, 0.25) is 5.91 Å². The van der Waals surface area contributed by atoms with Crippen molar-refractivity contribution in [2.45, 2.75) is 52.5 Å². The maximum absolute atomic E-state index is 12.1. The fraction of sp³-hybridized carbons (Fsp3) is 0.611. The van der Waals surface area contributed by atoms with Gasteiger partial charge in [-0.25, -0.2) is 0 Å². The van der Waals surface area contributed by atoms with Crippen LogP contribution in [-0.2, 0) is 16.0 Å². The van der Waals surface area contributed by atoms with Crippen LogP contribution in [0.15, 0.2) is 24.3 Å². The number of rotatable bonds is 9. The molecule has 0 heterocycles. The summed E-state index contributed by atoms with van der Waals surface area (Å²) >= 11 is 0. The van der Waals surface area contributed by atoms with E-state index in [1.165, 1.54) is 11.1 Å². The highest BCUT2D eigenvalue weighted by Crippen LogP contribution is 2.22. The quantitative estimate of drug-likeness (QED) is 0.701. The van der Waals surface area contributed by atoms with E-state index < -0.39 is 0 Å². The lowest BCUT2D eigenvalue weighted by Gasteiger charge is -2.23. The van der Waals surface area contributed by atoms with Crippen LogP contribution in [0.2, 0.25) is 0 Å². The molecule has 0 radical (unpaired) electrons. The van der Waals surface area contributed by atoms with E-state index in [0.717, 1.165) is 25.9 Å². The van der Waals surface area contributed by atoms with Crippen molar-refractivity contribution in [2.75, 3.05) is 13.7 Å². The normalized spacial score (nSPS) is 12.4. The van der Waals surface area contributed by atoms with Crippen molar-refractivity contribution in [3.63, 3.8) is 0 Å². The lowest BCUT2D eigenvalue weighted by Crippen LogP contribution is -2.31. The van der Waals surface area contributed by atoms with Gasteiger partial charge in [0.15, 0.2) is 0 Å². The first kappa shape index (κ1) is 17.7. The van der Waals surface area contributed by atoms with Crippen LogP contribution in [-0.4, -0.2) is 19.6 Å². The molecule has 0 fully saturated rings. The summed E-state index contributed by atoms with van der Waals surface area (Å²) < 4.78 is 5.00. The van der Waals surface area contributed by atoms with Crippen molar-refractivity contribution in [1.82, 2.24) is 5.32 Å². The summed E-state index contributed by atoms with van der Waals surface area (Å²) in [6.07, 6.45) is 3.42. The average Bonchev–Trinajstić information content (AvgIpc) is 2.49. The van der Waals surface area contributed by atoms with Crippen molar-refractivity contribution in [1.29, 1.82) is 0 Å². The molecular weight excluding hydrogens is 262 g/mol. The lowest BCUT2D eigenvalue weighted by molar-refractivity contribution is -0.122. The molecule has 1 aromatic rings. The standard InChI is InChI=1S/C18H29NO2/c1-5-15-9-11-16(12-10-15)18(14(2)3)19-17(20)8-6-7-13-21-4/h9-12,14,18H,5-8,13H2,1-4H3,(H,19,20). The van der Waals surface area contributed by atoms with Gasteiger partial charge in [-0.05, 0) is 36.3 Å². The average molecular weight is 291 g/mol. The third kappa shape index (κ3) is 6.30. The van der Waals surface area contributed by atoms with E-state index in [9.17, 15) is 4.79 Å². The fourth-order valence-electron chi connectivity index (χ4n) is 2.37. The minimum Gasteiger partial charge on any atom is -0.385 e. The number of hydrogen-bond acceptors (Lipinski definition) is 2. The van der Waals surface area contributed by atoms with E-state index in [4.69, 9.17) is 4.74 Å². The Hall–Kier alpha value is -1.35. The number of nitrogens with one attached hydrogen (secondary N) is 1. The molecule has 1 atom stereocenters. The third-order valence-electron chi connectivity index (χ3n) is 3.73. The van der Waals surface area contributed by atoms with Gasteiger partial charge in [-0.3, -0.25) is 4.79 Å². The number of hydrogen-bond donors (Lipinski definition) is 1. The zero-order valence-electron chi connectivity index (χ0n) is 13.8. The first-order valence-electron chi connectivity index (χ1n) is 7.95. The summed E-state index contributed by atoms with van der Waals surface area (Å²) in [5.74, 6) is 0.504. The maximum Gasteiger partial charge on any atom is 0.220 e. The number of ether oxygens (including phenoxy) is 1. The Balaban J connectivity index is 2.58. The molecule has 0 saturated carbocycles. The van der Waals surface area contributed by atoms with E-state index in [1.807, 2.05) is 0 Å². The highest BCUT2D eigenvalue weighted by atomic mass is 16.5. The zero-order chi connectivity index (χ0) is 15.7. The number of carbonyl (C=O) groups is 1. The van der Waals surface area contributed by atoms with Crippen molar-refractivity contribution in [2.24, 2.45) is 5.92 Å². The molecule has 0 aliphatic rings. The molecule has 1 unspecified atom stereocenters. The molecule has 1 rings (SSSR count). The second-order valence-electron chi connectivity index (χ2n) is 5.83. The maximum atomic E-state index is 12.1. The second-order valence-corrected chi connectivity index (χ2v) is 5.83. The van der Waals surface area contributed by atoms with Crippen LogP contribution in [0, 0.1) is 5.92 Å². The topological polar surface area (TPSA) is 38.3 Å². The predicted octanol–water partition coefficient (Wildman–Crippen LogP) is 3.88. The van der Waals surface area contributed by atoms with Gasteiger partial charge in [-0.15, -0.1) is 0 Å². The first-order valence-corrected chi connectivity index (χ1v) is 7.95. The van der Waals surface area contributed by atoms with Crippen molar-refractivity contribution in [3.05, 3.63) is 35.4 Å². The summed E-state index contributed by atoms with van der Waals surface area (Å²) in [6, 6.07) is 8.65. The van der Waals surface area contributed by atoms with Gasteiger partial charge in [0, 0.05) is 20.1 Å². The Bertz CT molecular complexity index is 412. The van der Waals surface area contributed by atoms with E-state index in [-0.39, 0.29) is 11.9 Å². The number of benzene rings is 1. The van der Waals surface area contributed by atoms with E-state index in [2.05, 4.69) is 50.4 Å². The molecule has 21 heavy (non-hydrogen) atoms. The van der Waals surface area contributed by atoms with Crippen molar-refractivity contribution < 1.29 is 9.53 Å². The molecule has 0 aliphatic heterocycles. The SMILES string of the molecule is CCc1ccc(C(NC(=O)CCCCOC)C(C)C)cc1. The van der Waals surface area contributed by atoms with Crippen LogP contribution in [0.1, 0.15) is 57.2 Å². The van der Waals surface area contributed by atoms with Gasteiger partial charge < -0.3 is 10.1 Å². The van der Waals surface area contributed by atoms with Gasteiger partial charge in [0.1, 0.15) is 0 Å². The molecule has 1 amide bonds. The molecule has 0 aromatic heterocycles. The van der Waals surface area contributed by atoms with Gasteiger partial charge in [0.25, 0.3) is 0 Å². The van der Waals surface area contributed by atoms with Crippen molar-refractivity contribution in [3.8, 4) is 0 Å². The smallest absolute Gasteiger partial charge is 0.220 e. The van der Waals surface area contributed by atoms with Crippen LogP contribution in [0.4, 0.5) is 0 Å². The predicted molar refractivity (Wildman–Crippen MR) is 87.3 cm³/mol. The number of unbranched alkanes of at least 4 members (excludes halogenated alkanes) is 1. The second kappa shape index (κ2) is 9.56. The molecule has 0 saturated heterocycles. The minimum atomic E-state index is 0.0887. The highest BCUT2D eigenvalue weighted by molar-refractivity contribution is 5.76. The molecule has 3 nitrogen and oxygen atoms in total. The number of aryl methyl sites for hydroxylation is 1. The van der Waals surface area contributed by atoms with Crippen LogP contribution >= 0.6 is 0 Å². The third-order valence-corrected chi connectivity index (χ3v) is 3.73. The zero-order valence-corrected chi connectivity index (χ0v) is 13.8. The summed E-state index contributed by atoms with van der Waals surface area (Å²) in [6.45, 7) is 7.16. The van der Waals surface area contributed by atoms with Gasteiger partial charge in [-0.1, -0.05) is 45.0 Å². The number of methoxy groups -OCH3 is 1. The van der Waals surface area contributed by atoms with Crippen LogP contribution in [0.25, 0.3) is 0 Å². The van der Waals surface area contributed by atoms with E-state index in [0.29, 0.717) is 12.3 Å². The summed E-state index contributed by atoms with van der Waals surface area (Å²) in [7, 11) is 1.69. The Labute approximate surface area is 129 Å². The molecular formula is C18H29NO2. The van der Waals surface area contributed by atoms with E-state index in [1.54, 1.807) is 7.11 Å². The Morgan fingerprint density at radius 1 is 1.19 bits per heavy atom. The van der Waals surface area contributed by atoms with Crippen LogP contribution < -0.4 is 5.32 Å². The van der Waals surface area contributed by atoms with Crippen LogP contribution in [0.5, 0.6) is 0 Å². The molecule has 118 valence electrons. The number of carbonyl (C=O) groups excluding carboxylic acids is 1. The van der Waals surface area contributed by atoms with Gasteiger partial charge in [0.05, 0.1) is 6.04 Å². The lowest BCUT2D eigenvalue weighted by atomic mass is 9.94. The summed E-state index contributed by atoms with van der Waals surface area (Å²) in [5, 5.41) is 3.17. The molecule has 0 aliphatic carbocycles. The van der Waals surface area contributed by atoms with Crippen LogP contribution in [0.3, 0.4) is 0 Å². The molecule has 1 aromatic carbocycles. The minimum absolute atomic E-state index is 0.0887. The monoisotopic (exact) mass is 291 g/mol. The number of amides is 1. The Morgan fingerprint density at radius 3 is 2.38 bits per heavy atom. The van der Waals surface area contributed by atoms with Crippen molar-refractivity contribution >= 4 is 5.91 Å². The molecule has 0 bridgehead atoms. The largest absolute Gasteiger partial charge is 0.385 e. The summed E-state index contributed by atoms with van der Waals surface area (Å²) in [5.41, 5.74) is 2.51. The van der Waals surface area contributed by atoms with E-state index >= 15 is 0 Å². The Kier molecular flexibility index (Phi) is 8.06. The summed E-state index contributed by atoms with van der Waals surface area (Å²) in [4.78, 5) is 12.1. The fourth-order valence-corrected chi connectivity index (χ4v) is 2.37.